The Bertz CT molecular complexity index is 687. The maximum absolute atomic E-state index is 2.54. The molecule has 6 atom stereocenters. The van der Waals surface area contributed by atoms with Crippen molar-refractivity contribution >= 4 is 0 Å². The highest BCUT2D eigenvalue weighted by molar-refractivity contribution is 4.87. The van der Waals surface area contributed by atoms with Gasteiger partial charge < -0.3 is 8.97 Å². The summed E-state index contributed by atoms with van der Waals surface area (Å²) in [6.07, 6.45) is 27.3. The lowest BCUT2D eigenvalue weighted by Crippen LogP contribution is -2.48. The van der Waals surface area contributed by atoms with Crippen LogP contribution in [0.1, 0.15) is 177 Å². The standard InChI is InChI=1S/C41H84N2/c1-34-24-22-30-40(5,6)38(34)28-26-36(3)42(9,10)32-20-18-16-14-13-15-17-19-21-33-43(11,12)37(4)27-29-39-35(2)25-23-31-41(39,7)8/h34-39H,13-33H2,1-12H3/q+2. The highest BCUT2D eigenvalue weighted by atomic mass is 15.3. The third-order valence-electron chi connectivity index (χ3n) is 14.0. The predicted molar refractivity (Wildman–Crippen MR) is 193 cm³/mol. The van der Waals surface area contributed by atoms with Gasteiger partial charge in [0.05, 0.1) is 53.4 Å². The molecule has 43 heavy (non-hydrogen) atoms. The molecule has 0 aromatic carbocycles. The Hall–Kier alpha value is -0.0800. The summed E-state index contributed by atoms with van der Waals surface area (Å²) in [5, 5.41) is 0. The SMILES string of the molecule is CC1CCCC(C)(C)C1CCC(C)[N+](C)(C)CCCCCCCCCCC[N+](C)(C)C(C)CCC1C(C)CCCC1(C)C. The maximum Gasteiger partial charge on any atom is 0.0857 e. The second-order valence-corrected chi connectivity index (χ2v) is 19.0. The maximum atomic E-state index is 2.54. The van der Waals surface area contributed by atoms with Crippen molar-refractivity contribution < 1.29 is 8.97 Å². The number of rotatable bonds is 20. The summed E-state index contributed by atoms with van der Waals surface area (Å²) in [6, 6.07) is 1.56. The minimum absolute atomic E-state index is 0.549. The van der Waals surface area contributed by atoms with Gasteiger partial charge in [0.1, 0.15) is 0 Å². The monoisotopic (exact) mass is 605 g/mol. The zero-order chi connectivity index (χ0) is 32.3. The molecule has 2 aliphatic rings. The smallest absolute Gasteiger partial charge is 0.0857 e. The quantitative estimate of drug-likeness (QED) is 0.0957. The highest BCUT2D eigenvalue weighted by Gasteiger charge is 2.38. The lowest BCUT2D eigenvalue weighted by molar-refractivity contribution is -0.913. The van der Waals surface area contributed by atoms with E-state index in [9.17, 15) is 0 Å². The van der Waals surface area contributed by atoms with Gasteiger partial charge >= 0.3 is 0 Å². The summed E-state index contributed by atoms with van der Waals surface area (Å²) in [5.74, 6) is 3.68. The lowest BCUT2D eigenvalue weighted by Gasteiger charge is -2.44. The van der Waals surface area contributed by atoms with Crippen molar-refractivity contribution in [3.63, 3.8) is 0 Å². The van der Waals surface area contributed by atoms with Crippen molar-refractivity contribution in [3.05, 3.63) is 0 Å². The Kier molecular flexibility index (Phi) is 16.1. The Balaban J connectivity index is 1.50. The van der Waals surface area contributed by atoms with E-state index in [1.54, 1.807) is 0 Å². The first-order valence-electron chi connectivity index (χ1n) is 19.6. The molecule has 0 spiro atoms. The molecule has 2 nitrogen and oxygen atoms in total. The molecule has 0 aliphatic heterocycles. The third-order valence-corrected chi connectivity index (χ3v) is 14.0. The van der Waals surface area contributed by atoms with E-state index >= 15 is 0 Å². The molecule has 2 heteroatoms. The van der Waals surface area contributed by atoms with E-state index in [0.717, 1.165) is 35.8 Å². The summed E-state index contributed by atoms with van der Waals surface area (Å²) >= 11 is 0. The van der Waals surface area contributed by atoms with E-state index < -0.39 is 0 Å². The van der Waals surface area contributed by atoms with Crippen molar-refractivity contribution in [2.24, 2.45) is 34.5 Å². The molecule has 0 heterocycles. The molecule has 2 fully saturated rings. The van der Waals surface area contributed by atoms with Gasteiger partial charge in [-0.1, -0.05) is 99.3 Å². The Morgan fingerprint density at radius 2 is 0.837 bits per heavy atom. The molecule has 2 aliphatic carbocycles. The average Bonchev–Trinajstić information content (AvgIpc) is 2.90. The molecule has 0 bridgehead atoms. The van der Waals surface area contributed by atoms with Gasteiger partial charge in [0, 0.05) is 0 Å². The molecular formula is C41H84N2+2. The fourth-order valence-electron chi connectivity index (χ4n) is 9.68. The molecular weight excluding hydrogens is 520 g/mol. The first-order chi connectivity index (χ1) is 20.0. The van der Waals surface area contributed by atoms with Crippen LogP contribution in [0.2, 0.25) is 0 Å². The largest absolute Gasteiger partial charge is 0.326 e. The van der Waals surface area contributed by atoms with E-state index in [0.29, 0.717) is 10.8 Å². The molecule has 0 aromatic rings. The van der Waals surface area contributed by atoms with E-state index in [1.807, 2.05) is 0 Å². The fraction of sp³-hybridized carbons (Fsp3) is 1.00. The Labute approximate surface area is 273 Å². The molecule has 6 unspecified atom stereocenters. The first-order valence-corrected chi connectivity index (χ1v) is 19.6. The van der Waals surface area contributed by atoms with Crippen LogP contribution in [0.5, 0.6) is 0 Å². The van der Waals surface area contributed by atoms with E-state index in [1.165, 1.54) is 144 Å². The van der Waals surface area contributed by atoms with E-state index in [4.69, 9.17) is 0 Å². The molecule has 0 N–H and O–H groups in total. The summed E-state index contributed by atoms with van der Waals surface area (Å²) < 4.78 is 2.43. The van der Waals surface area contributed by atoms with Crippen LogP contribution in [0, 0.1) is 34.5 Å². The number of nitrogens with zero attached hydrogens (tertiary/aromatic N) is 2. The molecule has 0 amide bonds. The van der Waals surface area contributed by atoms with Gasteiger partial charge in [0.25, 0.3) is 0 Å². The molecule has 2 rings (SSSR count). The summed E-state index contributed by atoms with van der Waals surface area (Å²) in [4.78, 5) is 0. The number of hydrogen-bond acceptors (Lipinski definition) is 0. The van der Waals surface area contributed by atoms with E-state index in [2.05, 4.69) is 83.6 Å². The summed E-state index contributed by atoms with van der Waals surface area (Å²) in [5.41, 5.74) is 1.10. The fourth-order valence-corrected chi connectivity index (χ4v) is 9.68. The van der Waals surface area contributed by atoms with Crippen LogP contribution in [-0.2, 0) is 0 Å². The van der Waals surface area contributed by atoms with Crippen molar-refractivity contribution in [1.29, 1.82) is 0 Å². The van der Waals surface area contributed by atoms with Gasteiger partial charge in [-0.15, -0.1) is 0 Å². The van der Waals surface area contributed by atoms with Crippen molar-refractivity contribution in [3.8, 4) is 0 Å². The zero-order valence-corrected chi connectivity index (χ0v) is 32.2. The van der Waals surface area contributed by atoms with Crippen LogP contribution in [0.4, 0.5) is 0 Å². The molecule has 256 valence electrons. The molecule has 0 saturated heterocycles. The van der Waals surface area contributed by atoms with Crippen LogP contribution in [0.15, 0.2) is 0 Å². The Morgan fingerprint density at radius 1 is 0.535 bits per heavy atom. The molecule has 2 saturated carbocycles. The molecule has 0 aromatic heterocycles. The van der Waals surface area contributed by atoms with Crippen molar-refractivity contribution in [2.75, 3.05) is 41.3 Å². The normalized spacial score (nSPS) is 27.6. The summed E-state index contributed by atoms with van der Waals surface area (Å²) in [6.45, 7) is 23.0. The average molecular weight is 605 g/mol. The Morgan fingerprint density at radius 3 is 1.14 bits per heavy atom. The topological polar surface area (TPSA) is 0 Å². The number of quaternary nitrogens is 2. The van der Waals surface area contributed by atoms with Crippen molar-refractivity contribution in [1.82, 2.24) is 0 Å². The van der Waals surface area contributed by atoms with Gasteiger partial charge in [0.2, 0.25) is 0 Å². The number of unbranched alkanes of at least 4 members (excludes halogenated alkanes) is 8. The second-order valence-electron chi connectivity index (χ2n) is 19.0. The number of hydrogen-bond donors (Lipinski definition) is 0. The van der Waals surface area contributed by atoms with Crippen LogP contribution < -0.4 is 0 Å². The third kappa shape index (κ3) is 12.9. The highest BCUT2D eigenvalue weighted by Crippen LogP contribution is 2.47. The van der Waals surface area contributed by atoms with E-state index in [-0.39, 0.29) is 0 Å². The van der Waals surface area contributed by atoms with Crippen LogP contribution in [0.3, 0.4) is 0 Å². The summed E-state index contributed by atoms with van der Waals surface area (Å²) in [7, 11) is 10.00. The van der Waals surface area contributed by atoms with Gasteiger partial charge in [-0.3, -0.25) is 0 Å². The lowest BCUT2D eigenvalue weighted by atomic mass is 9.62. The zero-order valence-electron chi connectivity index (χ0n) is 32.2. The van der Waals surface area contributed by atoms with Crippen LogP contribution in [0.25, 0.3) is 0 Å². The van der Waals surface area contributed by atoms with Crippen LogP contribution >= 0.6 is 0 Å². The van der Waals surface area contributed by atoms with Crippen molar-refractivity contribution in [2.45, 2.75) is 189 Å². The van der Waals surface area contributed by atoms with Gasteiger partial charge in [-0.05, 0) is 113 Å². The first kappa shape index (κ1) is 39.1. The molecule has 0 radical (unpaired) electrons. The minimum Gasteiger partial charge on any atom is -0.326 e. The second kappa shape index (κ2) is 17.7. The van der Waals surface area contributed by atoms with Gasteiger partial charge in [-0.2, -0.15) is 0 Å². The minimum atomic E-state index is 0.549. The van der Waals surface area contributed by atoms with Crippen LogP contribution in [-0.4, -0.2) is 62.3 Å². The van der Waals surface area contributed by atoms with Gasteiger partial charge in [0.15, 0.2) is 0 Å². The van der Waals surface area contributed by atoms with Gasteiger partial charge in [-0.25, -0.2) is 0 Å². The predicted octanol–water partition coefficient (Wildman–Crippen LogP) is 11.9.